The number of nitrogens with zero attached hydrogens (tertiary/aromatic N) is 1. The fourth-order valence-electron chi connectivity index (χ4n) is 2.95. The average molecular weight is 366 g/mol. The number of carbonyl (C=O) groups is 1. The molecule has 5 nitrogen and oxygen atoms in total. The smallest absolute Gasteiger partial charge is 0.260 e. The molecule has 3 rings (SSSR count). The summed E-state index contributed by atoms with van der Waals surface area (Å²) in [6.45, 7) is 6.26. The summed E-state index contributed by atoms with van der Waals surface area (Å²) in [5.41, 5.74) is 1.12. The molecule has 0 bridgehead atoms. The SMILES string of the molecule is CC[C@H](C)NC(=O)CSc1nc2sc3c(c2c(=O)[nH]1)CC[C@@H](C)C3. The number of aromatic amines is 1. The van der Waals surface area contributed by atoms with Gasteiger partial charge in [0, 0.05) is 10.9 Å². The van der Waals surface area contributed by atoms with Crippen molar-refractivity contribution in [2.45, 2.75) is 57.7 Å². The summed E-state index contributed by atoms with van der Waals surface area (Å²) in [6, 6.07) is 0.165. The molecule has 0 radical (unpaired) electrons. The topological polar surface area (TPSA) is 74.8 Å². The largest absolute Gasteiger partial charge is 0.353 e. The minimum absolute atomic E-state index is 0.0311. The summed E-state index contributed by atoms with van der Waals surface area (Å²) in [6.07, 6.45) is 4.03. The monoisotopic (exact) mass is 365 g/mol. The zero-order valence-corrected chi connectivity index (χ0v) is 15.9. The summed E-state index contributed by atoms with van der Waals surface area (Å²) in [5, 5.41) is 4.21. The predicted molar refractivity (Wildman–Crippen MR) is 100 cm³/mol. The first-order valence-electron chi connectivity index (χ1n) is 8.44. The van der Waals surface area contributed by atoms with E-state index in [1.165, 1.54) is 22.2 Å². The highest BCUT2D eigenvalue weighted by Gasteiger charge is 2.23. The molecule has 0 unspecified atom stereocenters. The van der Waals surface area contributed by atoms with Crippen LogP contribution in [0.2, 0.25) is 0 Å². The molecule has 1 aliphatic carbocycles. The van der Waals surface area contributed by atoms with Gasteiger partial charge in [0.1, 0.15) is 4.83 Å². The van der Waals surface area contributed by atoms with Crippen LogP contribution < -0.4 is 10.9 Å². The minimum atomic E-state index is -0.0723. The van der Waals surface area contributed by atoms with Crippen LogP contribution in [0.1, 0.15) is 44.1 Å². The number of hydrogen-bond donors (Lipinski definition) is 2. The zero-order chi connectivity index (χ0) is 17.3. The van der Waals surface area contributed by atoms with Crippen LogP contribution in [-0.4, -0.2) is 27.7 Å². The molecule has 0 fully saturated rings. The van der Waals surface area contributed by atoms with Gasteiger partial charge in [-0.2, -0.15) is 0 Å². The molecule has 1 aliphatic rings. The number of thioether (sulfide) groups is 1. The third-order valence-corrected chi connectivity index (χ3v) is 6.52. The standard InChI is InChI=1S/C17H23N3O2S2/c1-4-10(3)18-13(21)8-23-17-19-15(22)14-11-6-5-9(2)7-12(11)24-16(14)20-17/h9-10H,4-8H2,1-3H3,(H,18,21)(H,19,20,22)/t9-,10+/m1/s1. The quantitative estimate of drug-likeness (QED) is 0.631. The Morgan fingerprint density at radius 2 is 2.33 bits per heavy atom. The number of aromatic nitrogens is 2. The van der Waals surface area contributed by atoms with Gasteiger partial charge in [-0.15, -0.1) is 11.3 Å². The zero-order valence-electron chi connectivity index (χ0n) is 14.3. The average Bonchev–Trinajstić information content (AvgIpc) is 2.90. The number of rotatable bonds is 5. The molecule has 2 aromatic rings. The van der Waals surface area contributed by atoms with Crippen molar-refractivity contribution < 1.29 is 4.79 Å². The maximum absolute atomic E-state index is 12.5. The Balaban J connectivity index is 1.79. The molecular formula is C17H23N3O2S2. The predicted octanol–water partition coefficient (Wildman–Crippen LogP) is 3.12. The van der Waals surface area contributed by atoms with Gasteiger partial charge >= 0.3 is 0 Å². The fourth-order valence-corrected chi connectivity index (χ4v) is 5.06. The van der Waals surface area contributed by atoms with Gasteiger partial charge in [0.05, 0.1) is 11.1 Å². The first-order chi connectivity index (χ1) is 11.5. The van der Waals surface area contributed by atoms with E-state index in [2.05, 4.69) is 22.2 Å². The van der Waals surface area contributed by atoms with Crippen molar-refractivity contribution in [3.63, 3.8) is 0 Å². The highest BCUT2D eigenvalue weighted by atomic mass is 32.2. The van der Waals surface area contributed by atoms with Crippen molar-refractivity contribution in [2.75, 3.05) is 5.75 Å². The first-order valence-corrected chi connectivity index (χ1v) is 10.2. The summed E-state index contributed by atoms with van der Waals surface area (Å²) < 4.78 is 0. The van der Waals surface area contributed by atoms with E-state index in [1.54, 1.807) is 11.3 Å². The highest BCUT2D eigenvalue weighted by molar-refractivity contribution is 7.99. The minimum Gasteiger partial charge on any atom is -0.353 e. The van der Waals surface area contributed by atoms with Crippen molar-refractivity contribution in [2.24, 2.45) is 5.92 Å². The van der Waals surface area contributed by atoms with Gasteiger partial charge in [-0.1, -0.05) is 25.6 Å². The number of carbonyl (C=O) groups excluding carboxylic acids is 1. The first kappa shape index (κ1) is 17.5. The van der Waals surface area contributed by atoms with Gasteiger partial charge < -0.3 is 10.3 Å². The van der Waals surface area contributed by atoms with Crippen LogP contribution in [0, 0.1) is 5.92 Å². The second-order valence-electron chi connectivity index (χ2n) is 6.57. The molecular weight excluding hydrogens is 342 g/mol. The van der Waals surface area contributed by atoms with Crippen LogP contribution >= 0.6 is 23.1 Å². The molecule has 24 heavy (non-hydrogen) atoms. The van der Waals surface area contributed by atoms with Crippen LogP contribution in [0.5, 0.6) is 0 Å². The maximum atomic E-state index is 12.5. The second-order valence-corrected chi connectivity index (χ2v) is 8.62. The van der Waals surface area contributed by atoms with Gasteiger partial charge in [-0.3, -0.25) is 9.59 Å². The molecule has 2 heterocycles. The number of amides is 1. The van der Waals surface area contributed by atoms with E-state index in [1.807, 2.05) is 13.8 Å². The van der Waals surface area contributed by atoms with Crippen molar-refractivity contribution in [3.05, 3.63) is 20.8 Å². The lowest BCUT2D eigenvalue weighted by Gasteiger charge is -2.17. The number of thiophene rings is 1. The second kappa shape index (κ2) is 7.27. The lowest BCUT2D eigenvalue weighted by atomic mass is 9.89. The Bertz CT molecular complexity index is 812. The highest BCUT2D eigenvalue weighted by Crippen LogP contribution is 2.36. The van der Waals surface area contributed by atoms with Crippen molar-refractivity contribution >= 4 is 39.2 Å². The fraction of sp³-hybridized carbons (Fsp3) is 0.588. The lowest BCUT2D eigenvalue weighted by molar-refractivity contribution is -0.119. The van der Waals surface area contributed by atoms with E-state index < -0.39 is 0 Å². The third kappa shape index (κ3) is 3.67. The summed E-state index contributed by atoms with van der Waals surface area (Å²) in [4.78, 5) is 33.9. The Labute approximate surface area is 149 Å². The molecule has 130 valence electrons. The Morgan fingerprint density at radius 3 is 3.08 bits per heavy atom. The normalized spacial score (nSPS) is 18.4. The van der Waals surface area contributed by atoms with Crippen LogP contribution in [0.25, 0.3) is 10.2 Å². The maximum Gasteiger partial charge on any atom is 0.260 e. The summed E-state index contributed by atoms with van der Waals surface area (Å²) in [7, 11) is 0. The van der Waals surface area contributed by atoms with E-state index >= 15 is 0 Å². The summed E-state index contributed by atoms with van der Waals surface area (Å²) in [5.74, 6) is 0.903. The van der Waals surface area contributed by atoms with Gasteiger partial charge in [-0.05, 0) is 44.1 Å². The summed E-state index contributed by atoms with van der Waals surface area (Å²) >= 11 is 2.92. The van der Waals surface area contributed by atoms with Gasteiger partial charge in [-0.25, -0.2) is 4.98 Å². The van der Waals surface area contributed by atoms with Gasteiger partial charge in [0.25, 0.3) is 5.56 Å². The Morgan fingerprint density at radius 1 is 1.54 bits per heavy atom. The van der Waals surface area contributed by atoms with E-state index in [4.69, 9.17) is 0 Å². The van der Waals surface area contributed by atoms with Crippen LogP contribution in [0.3, 0.4) is 0 Å². The Hall–Kier alpha value is -1.34. The number of H-pyrrole nitrogens is 1. The molecule has 7 heteroatoms. The van der Waals surface area contributed by atoms with E-state index in [0.717, 1.165) is 35.9 Å². The van der Waals surface area contributed by atoms with Crippen molar-refractivity contribution in [3.8, 4) is 0 Å². The molecule has 0 aromatic carbocycles. The van der Waals surface area contributed by atoms with Crippen LogP contribution in [-0.2, 0) is 17.6 Å². The van der Waals surface area contributed by atoms with E-state index in [0.29, 0.717) is 11.1 Å². The molecule has 2 atom stereocenters. The lowest BCUT2D eigenvalue weighted by Crippen LogP contribution is -2.33. The number of nitrogens with one attached hydrogen (secondary N) is 2. The van der Waals surface area contributed by atoms with Crippen molar-refractivity contribution in [1.29, 1.82) is 0 Å². The van der Waals surface area contributed by atoms with E-state index in [9.17, 15) is 9.59 Å². The van der Waals surface area contributed by atoms with Crippen LogP contribution in [0.4, 0.5) is 0 Å². The molecule has 2 aromatic heterocycles. The van der Waals surface area contributed by atoms with Crippen LogP contribution in [0.15, 0.2) is 9.95 Å². The number of fused-ring (bicyclic) bond motifs is 3. The molecule has 0 saturated carbocycles. The molecule has 0 saturated heterocycles. The third-order valence-electron chi connectivity index (χ3n) is 4.50. The van der Waals surface area contributed by atoms with Gasteiger partial charge in [0.2, 0.25) is 5.91 Å². The molecule has 2 N–H and O–H groups in total. The Kier molecular flexibility index (Phi) is 5.30. The number of hydrogen-bond acceptors (Lipinski definition) is 5. The molecule has 1 amide bonds. The molecule has 0 spiro atoms. The van der Waals surface area contributed by atoms with E-state index in [-0.39, 0.29) is 23.3 Å². The van der Waals surface area contributed by atoms with Crippen molar-refractivity contribution in [1.82, 2.24) is 15.3 Å². The molecule has 0 aliphatic heterocycles. The number of aryl methyl sites for hydroxylation is 1. The van der Waals surface area contributed by atoms with Gasteiger partial charge in [0.15, 0.2) is 5.16 Å².